The topological polar surface area (TPSA) is 61.4 Å². The Hall–Kier alpha value is -2.28. The van der Waals surface area contributed by atoms with E-state index in [0.717, 1.165) is 43.0 Å². The molecule has 0 spiro atoms. The number of hydrogen-bond donors (Lipinski definition) is 1. The lowest BCUT2D eigenvalue weighted by molar-refractivity contribution is -0.125. The number of amides is 1. The minimum absolute atomic E-state index is 0.0687. The molecular weight excluding hydrogens is 358 g/mol. The monoisotopic (exact) mass is 385 g/mol. The highest BCUT2D eigenvalue weighted by atomic mass is 32.2. The summed E-state index contributed by atoms with van der Waals surface area (Å²) in [7, 11) is 3.97. The van der Waals surface area contributed by atoms with Crippen LogP contribution in [-0.4, -0.2) is 49.3 Å². The Kier molecular flexibility index (Phi) is 6.55. The van der Waals surface area contributed by atoms with Crippen LogP contribution in [0, 0.1) is 5.92 Å². The number of carbonyl (C=O) groups is 1. The Morgan fingerprint density at radius 1 is 1.26 bits per heavy atom. The SMILES string of the molecule is CSc1ccc(CNC(=O)C2CCN(c3cncnc3N(C)C)CC2)cc1. The van der Waals surface area contributed by atoms with Gasteiger partial charge in [-0.15, -0.1) is 11.8 Å². The predicted molar refractivity (Wildman–Crippen MR) is 111 cm³/mol. The molecule has 2 aromatic rings. The molecule has 0 bridgehead atoms. The zero-order chi connectivity index (χ0) is 19.2. The second-order valence-electron chi connectivity index (χ2n) is 6.95. The Labute approximate surface area is 165 Å². The van der Waals surface area contributed by atoms with Gasteiger partial charge in [-0.05, 0) is 36.8 Å². The molecule has 2 heterocycles. The summed E-state index contributed by atoms with van der Waals surface area (Å²) in [5, 5.41) is 3.09. The van der Waals surface area contributed by atoms with Crippen LogP contribution in [0.15, 0.2) is 41.7 Å². The molecule has 1 aliphatic heterocycles. The smallest absolute Gasteiger partial charge is 0.223 e. The van der Waals surface area contributed by atoms with Gasteiger partial charge in [-0.25, -0.2) is 9.97 Å². The van der Waals surface area contributed by atoms with Gasteiger partial charge in [-0.2, -0.15) is 0 Å². The van der Waals surface area contributed by atoms with E-state index in [-0.39, 0.29) is 11.8 Å². The van der Waals surface area contributed by atoms with E-state index in [1.807, 2.05) is 25.2 Å². The highest BCUT2D eigenvalue weighted by molar-refractivity contribution is 7.98. The molecule has 1 aromatic carbocycles. The summed E-state index contributed by atoms with van der Waals surface area (Å²) in [5.74, 6) is 1.14. The lowest BCUT2D eigenvalue weighted by atomic mass is 9.95. The maximum atomic E-state index is 12.5. The number of carbonyl (C=O) groups excluding carboxylic acids is 1. The van der Waals surface area contributed by atoms with Gasteiger partial charge < -0.3 is 15.1 Å². The zero-order valence-corrected chi connectivity index (χ0v) is 17.0. The van der Waals surface area contributed by atoms with E-state index in [9.17, 15) is 4.79 Å². The van der Waals surface area contributed by atoms with Crippen molar-refractivity contribution >= 4 is 29.2 Å². The average Bonchev–Trinajstić information content (AvgIpc) is 2.72. The molecule has 0 aliphatic carbocycles. The number of thioether (sulfide) groups is 1. The van der Waals surface area contributed by atoms with Crippen LogP contribution in [-0.2, 0) is 11.3 Å². The molecule has 0 unspecified atom stereocenters. The first-order chi connectivity index (χ1) is 13.1. The first kappa shape index (κ1) is 19.5. The minimum atomic E-state index is 0.0687. The number of benzene rings is 1. The Morgan fingerprint density at radius 2 is 1.96 bits per heavy atom. The van der Waals surface area contributed by atoms with Crippen molar-refractivity contribution in [2.75, 3.05) is 43.2 Å². The molecule has 1 saturated heterocycles. The lowest BCUT2D eigenvalue weighted by Gasteiger charge is -2.34. The molecule has 1 aromatic heterocycles. The van der Waals surface area contributed by atoms with Gasteiger partial charge in [0, 0.05) is 44.5 Å². The summed E-state index contributed by atoms with van der Waals surface area (Å²) in [6.07, 6.45) is 7.19. The molecule has 0 saturated carbocycles. The summed E-state index contributed by atoms with van der Waals surface area (Å²) < 4.78 is 0. The van der Waals surface area contributed by atoms with Crippen LogP contribution in [0.2, 0.25) is 0 Å². The largest absolute Gasteiger partial charge is 0.367 e. The second kappa shape index (κ2) is 9.08. The maximum Gasteiger partial charge on any atom is 0.223 e. The highest BCUT2D eigenvalue weighted by Crippen LogP contribution is 2.29. The third-order valence-corrected chi connectivity index (χ3v) is 5.67. The summed E-state index contributed by atoms with van der Waals surface area (Å²) in [5.41, 5.74) is 2.17. The fourth-order valence-corrected chi connectivity index (χ4v) is 3.75. The molecule has 1 N–H and O–H groups in total. The van der Waals surface area contributed by atoms with Gasteiger partial charge in [-0.1, -0.05) is 12.1 Å². The summed E-state index contributed by atoms with van der Waals surface area (Å²) in [4.78, 5) is 26.6. The van der Waals surface area contributed by atoms with Crippen LogP contribution < -0.4 is 15.1 Å². The molecular formula is C20H27N5OS. The van der Waals surface area contributed by atoms with Gasteiger partial charge in [0.2, 0.25) is 5.91 Å². The van der Waals surface area contributed by atoms with Crippen molar-refractivity contribution < 1.29 is 4.79 Å². The molecule has 3 rings (SSSR count). The molecule has 27 heavy (non-hydrogen) atoms. The third-order valence-electron chi connectivity index (χ3n) is 4.93. The number of nitrogens with zero attached hydrogens (tertiary/aromatic N) is 4. The number of nitrogens with one attached hydrogen (secondary N) is 1. The lowest BCUT2D eigenvalue weighted by Crippen LogP contribution is -2.41. The number of aromatic nitrogens is 2. The van der Waals surface area contributed by atoms with Crippen LogP contribution in [0.3, 0.4) is 0 Å². The number of rotatable bonds is 6. The van der Waals surface area contributed by atoms with Crippen molar-refractivity contribution in [3.8, 4) is 0 Å². The summed E-state index contributed by atoms with van der Waals surface area (Å²) in [6, 6.07) is 8.34. The van der Waals surface area contributed by atoms with E-state index in [4.69, 9.17) is 0 Å². The number of hydrogen-bond acceptors (Lipinski definition) is 6. The Bertz CT molecular complexity index is 757. The van der Waals surface area contributed by atoms with Gasteiger partial charge >= 0.3 is 0 Å². The van der Waals surface area contributed by atoms with Crippen LogP contribution in [0.25, 0.3) is 0 Å². The summed E-state index contributed by atoms with van der Waals surface area (Å²) >= 11 is 1.72. The molecule has 7 heteroatoms. The van der Waals surface area contributed by atoms with Gasteiger partial charge in [0.05, 0.1) is 11.9 Å². The minimum Gasteiger partial charge on any atom is -0.367 e. The van der Waals surface area contributed by atoms with Crippen molar-refractivity contribution in [1.82, 2.24) is 15.3 Å². The zero-order valence-electron chi connectivity index (χ0n) is 16.2. The molecule has 0 atom stereocenters. The first-order valence-corrected chi connectivity index (χ1v) is 10.4. The van der Waals surface area contributed by atoms with Gasteiger partial charge in [0.15, 0.2) is 5.82 Å². The Balaban J connectivity index is 1.52. The van der Waals surface area contributed by atoms with Crippen molar-refractivity contribution in [2.45, 2.75) is 24.3 Å². The third kappa shape index (κ3) is 4.91. The fourth-order valence-electron chi connectivity index (χ4n) is 3.34. The average molecular weight is 386 g/mol. The standard InChI is InChI=1S/C20H27N5OS/c1-24(2)19-18(13-21-14-23-19)25-10-8-16(9-11-25)20(26)22-12-15-4-6-17(27-3)7-5-15/h4-7,13-14,16H,8-12H2,1-3H3,(H,22,26). The quantitative estimate of drug-likeness (QED) is 0.772. The van der Waals surface area contributed by atoms with E-state index >= 15 is 0 Å². The normalized spacial score (nSPS) is 14.9. The molecule has 0 radical (unpaired) electrons. The molecule has 6 nitrogen and oxygen atoms in total. The number of piperidine rings is 1. The van der Waals surface area contributed by atoms with Crippen molar-refractivity contribution in [1.29, 1.82) is 0 Å². The Morgan fingerprint density at radius 3 is 2.59 bits per heavy atom. The predicted octanol–water partition coefficient (Wildman–Crippen LogP) is 2.80. The van der Waals surface area contributed by atoms with Gasteiger partial charge in [-0.3, -0.25) is 4.79 Å². The summed E-state index contributed by atoms with van der Waals surface area (Å²) in [6.45, 7) is 2.27. The maximum absolute atomic E-state index is 12.5. The van der Waals surface area contributed by atoms with Crippen molar-refractivity contribution in [3.05, 3.63) is 42.4 Å². The van der Waals surface area contributed by atoms with Gasteiger partial charge in [0.25, 0.3) is 0 Å². The molecule has 1 fully saturated rings. The molecule has 144 valence electrons. The van der Waals surface area contributed by atoms with Gasteiger partial charge in [0.1, 0.15) is 6.33 Å². The van der Waals surface area contributed by atoms with Crippen LogP contribution in [0.4, 0.5) is 11.5 Å². The second-order valence-corrected chi connectivity index (χ2v) is 7.83. The molecule has 1 amide bonds. The van der Waals surface area contributed by atoms with Crippen LogP contribution in [0.5, 0.6) is 0 Å². The first-order valence-electron chi connectivity index (χ1n) is 9.21. The van der Waals surface area contributed by atoms with Crippen LogP contribution in [0.1, 0.15) is 18.4 Å². The van der Waals surface area contributed by atoms with E-state index in [2.05, 4.69) is 50.7 Å². The van der Waals surface area contributed by atoms with Crippen LogP contribution >= 0.6 is 11.8 Å². The van der Waals surface area contributed by atoms with E-state index < -0.39 is 0 Å². The van der Waals surface area contributed by atoms with Crippen molar-refractivity contribution in [2.24, 2.45) is 5.92 Å². The highest BCUT2D eigenvalue weighted by Gasteiger charge is 2.26. The molecule has 1 aliphatic rings. The van der Waals surface area contributed by atoms with E-state index in [1.165, 1.54) is 4.90 Å². The van der Waals surface area contributed by atoms with Crippen molar-refractivity contribution in [3.63, 3.8) is 0 Å². The van der Waals surface area contributed by atoms with E-state index in [0.29, 0.717) is 6.54 Å². The number of anilines is 2. The van der Waals surface area contributed by atoms with E-state index in [1.54, 1.807) is 18.1 Å². The fraction of sp³-hybridized carbons (Fsp3) is 0.450.